The fourth-order valence-electron chi connectivity index (χ4n) is 5.51. The number of aliphatic hydroxyl groups excluding tert-OH is 4. The van der Waals surface area contributed by atoms with Crippen molar-refractivity contribution in [1.29, 1.82) is 0 Å². The first-order valence-electron chi connectivity index (χ1n) is 15.2. The second-order valence-corrected chi connectivity index (χ2v) is 12.6. The van der Waals surface area contributed by atoms with Gasteiger partial charge in [0, 0.05) is 32.4 Å². The van der Waals surface area contributed by atoms with Crippen molar-refractivity contribution in [2.75, 3.05) is 26.2 Å². The summed E-state index contributed by atoms with van der Waals surface area (Å²) in [6.45, 7) is 10.1. The van der Waals surface area contributed by atoms with Gasteiger partial charge in [-0.25, -0.2) is 4.79 Å². The van der Waals surface area contributed by atoms with Crippen molar-refractivity contribution < 1.29 is 54.1 Å². The Morgan fingerprint density at radius 3 is 2.51 bits per heavy atom. The highest BCUT2D eigenvalue weighted by molar-refractivity contribution is 5.80. The number of hydrogen-bond acceptors (Lipinski definition) is 12. The molecule has 3 fully saturated rings. The number of nitrogens with one attached hydrogen (secondary N) is 1. The van der Waals surface area contributed by atoms with Gasteiger partial charge < -0.3 is 60.4 Å². The fourth-order valence-corrected chi connectivity index (χ4v) is 5.51. The van der Waals surface area contributed by atoms with Crippen LogP contribution in [0.4, 0.5) is 4.79 Å². The van der Waals surface area contributed by atoms with Crippen LogP contribution in [0.3, 0.4) is 0 Å². The zero-order valence-corrected chi connectivity index (χ0v) is 25.7. The minimum Gasteiger partial charge on any atom is -0.448 e. The highest BCUT2D eigenvalue weighted by Crippen LogP contribution is 2.38. The lowest BCUT2D eigenvalue weighted by atomic mass is 9.81. The van der Waals surface area contributed by atoms with Crippen LogP contribution in [0.15, 0.2) is 12.2 Å². The van der Waals surface area contributed by atoms with Gasteiger partial charge in [0.2, 0.25) is 5.91 Å². The van der Waals surface area contributed by atoms with Crippen LogP contribution >= 0.6 is 0 Å². The van der Waals surface area contributed by atoms with Crippen molar-refractivity contribution in [1.82, 2.24) is 10.2 Å². The number of nitrogens with two attached hydrogens (primary N) is 1. The summed E-state index contributed by atoms with van der Waals surface area (Å²) >= 11 is 0. The summed E-state index contributed by atoms with van der Waals surface area (Å²) in [5, 5.41) is 56.7. The molecular formula is C29H51N3O11. The number of aliphatic hydroxyl groups is 5. The van der Waals surface area contributed by atoms with Crippen molar-refractivity contribution in [3.8, 4) is 0 Å². The SMILES string of the molecule is CC(C)/C=C/[C@@H](C[C@@H]1O[C@](O)(C[C@@H](O)C(C)C)C[C@H](O)[C@H]1C(=O)NCCN1CCOC1=O)OC1OC(C)C(O)C(N)C1O. The summed E-state index contributed by atoms with van der Waals surface area (Å²) < 4.78 is 22.9. The Labute approximate surface area is 253 Å². The van der Waals surface area contributed by atoms with Crippen molar-refractivity contribution in [3.63, 3.8) is 0 Å². The summed E-state index contributed by atoms with van der Waals surface area (Å²) in [4.78, 5) is 26.6. The molecule has 8 N–H and O–H groups in total. The third-order valence-corrected chi connectivity index (χ3v) is 8.22. The normalized spacial score (nSPS) is 36.8. The number of rotatable bonds is 13. The van der Waals surface area contributed by atoms with Crippen LogP contribution in [0.25, 0.3) is 0 Å². The van der Waals surface area contributed by atoms with Gasteiger partial charge in [-0.2, -0.15) is 0 Å². The average molecular weight is 618 g/mol. The third-order valence-electron chi connectivity index (χ3n) is 8.22. The number of amides is 2. The summed E-state index contributed by atoms with van der Waals surface area (Å²) in [5.74, 6) is -3.70. The van der Waals surface area contributed by atoms with Crippen molar-refractivity contribution >= 4 is 12.0 Å². The Morgan fingerprint density at radius 1 is 1.21 bits per heavy atom. The van der Waals surface area contributed by atoms with Gasteiger partial charge in [0.05, 0.1) is 55.1 Å². The van der Waals surface area contributed by atoms with Gasteiger partial charge in [0.25, 0.3) is 0 Å². The van der Waals surface area contributed by atoms with Crippen LogP contribution in [0.1, 0.15) is 53.9 Å². The summed E-state index contributed by atoms with van der Waals surface area (Å²) in [7, 11) is 0. The van der Waals surface area contributed by atoms with Gasteiger partial charge in [-0.15, -0.1) is 0 Å². The van der Waals surface area contributed by atoms with Crippen molar-refractivity contribution in [3.05, 3.63) is 12.2 Å². The van der Waals surface area contributed by atoms with E-state index < -0.39 is 78.8 Å². The van der Waals surface area contributed by atoms with E-state index >= 15 is 0 Å². The maximum absolute atomic E-state index is 13.4. The highest BCUT2D eigenvalue weighted by Gasteiger charge is 2.50. The third kappa shape index (κ3) is 9.55. The topological polar surface area (TPSA) is 213 Å². The number of ether oxygens (including phenoxy) is 4. The van der Waals surface area contributed by atoms with Crippen LogP contribution in [-0.4, -0.2) is 130 Å². The van der Waals surface area contributed by atoms with Gasteiger partial charge in [0.1, 0.15) is 12.7 Å². The van der Waals surface area contributed by atoms with Crippen LogP contribution in [0.5, 0.6) is 0 Å². The lowest BCUT2D eigenvalue weighted by Crippen LogP contribution is -2.62. The molecule has 2 amide bonds. The Bertz CT molecular complexity index is 953. The molecule has 3 rings (SSSR count). The summed E-state index contributed by atoms with van der Waals surface area (Å²) in [5.41, 5.74) is 5.99. The molecule has 0 bridgehead atoms. The molecule has 248 valence electrons. The van der Waals surface area contributed by atoms with E-state index in [1.165, 1.54) is 4.90 Å². The van der Waals surface area contributed by atoms with Gasteiger partial charge >= 0.3 is 6.09 Å². The molecule has 5 unspecified atom stereocenters. The molecule has 0 radical (unpaired) electrons. The van der Waals surface area contributed by atoms with Gasteiger partial charge in [0.15, 0.2) is 12.1 Å². The maximum Gasteiger partial charge on any atom is 0.409 e. The van der Waals surface area contributed by atoms with E-state index in [-0.39, 0.29) is 50.8 Å². The van der Waals surface area contributed by atoms with Crippen LogP contribution in [0.2, 0.25) is 0 Å². The molecule has 14 nitrogen and oxygen atoms in total. The largest absolute Gasteiger partial charge is 0.448 e. The minimum atomic E-state index is -1.93. The molecule has 0 aromatic rings. The Hall–Kier alpha value is -1.88. The van der Waals surface area contributed by atoms with Gasteiger partial charge in [-0.05, 0) is 18.8 Å². The second kappa shape index (κ2) is 15.4. The van der Waals surface area contributed by atoms with E-state index in [0.29, 0.717) is 6.54 Å². The number of carbonyl (C=O) groups excluding carboxylic acids is 2. The first kappa shape index (κ1) is 35.6. The van der Waals surface area contributed by atoms with Gasteiger partial charge in [-0.1, -0.05) is 39.8 Å². The second-order valence-electron chi connectivity index (χ2n) is 12.6. The molecule has 14 heteroatoms. The van der Waals surface area contributed by atoms with E-state index in [0.717, 1.165) is 0 Å². The molecule has 11 atom stereocenters. The molecule has 0 aromatic heterocycles. The molecule has 3 aliphatic rings. The van der Waals surface area contributed by atoms with E-state index in [1.807, 2.05) is 19.9 Å². The molecule has 0 aromatic carbocycles. The summed E-state index contributed by atoms with van der Waals surface area (Å²) in [6, 6.07) is -1.02. The smallest absolute Gasteiger partial charge is 0.409 e. The van der Waals surface area contributed by atoms with E-state index in [4.69, 9.17) is 24.7 Å². The van der Waals surface area contributed by atoms with E-state index in [2.05, 4.69) is 5.32 Å². The number of allylic oxidation sites excluding steroid dienone is 1. The van der Waals surface area contributed by atoms with Crippen molar-refractivity contribution in [2.45, 2.75) is 115 Å². The average Bonchev–Trinajstić information content (AvgIpc) is 3.32. The van der Waals surface area contributed by atoms with Crippen LogP contribution in [0, 0.1) is 17.8 Å². The standard InChI is InChI=1S/C29H51N3O11/c1-15(2)6-7-18(42-27-25(36)23(30)24(35)17(5)41-27)12-21-22(26(37)31-8-9-32-10-11-40-28(32)38)20(34)14-29(39,43-21)13-19(33)16(3)4/h6-7,15-25,27,33-36,39H,8-14,30H2,1-5H3,(H,31,37)/b7-6+/t17?,18-,19+,20-,21-,22+,23?,24?,25?,27?,29+/m0/s1. The van der Waals surface area contributed by atoms with Crippen LogP contribution < -0.4 is 11.1 Å². The predicted molar refractivity (Wildman–Crippen MR) is 153 cm³/mol. The number of nitrogens with zero attached hydrogens (tertiary/aromatic N) is 1. The maximum atomic E-state index is 13.4. The molecule has 0 saturated carbocycles. The Kier molecular flexibility index (Phi) is 12.8. The highest BCUT2D eigenvalue weighted by atomic mass is 16.7. The molecular weight excluding hydrogens is 566 g/mol. The number of cyclic esters (lactones) is 1. The van der Waals surface area contributed by atoms with E-state index in [9.17, 15) is 35.1 Å². The zero-order valence-electron chi connectivity index (χ0n) is 25.7. The molecule has 0 spiro atoms. The Morgan fingerprint density at radius 2 is 1.91 bits per heavy atom. The molecule has 43 heavy (non-hydrogen) atoms. The van der Waals surface area contributed by atoms with E-state index in [1.54, 1.807) is 26.8 Å². The molecule has 3 heterocycles. The lowest BCUT2D eigenvalue weighted by Gasteiger charge is -2.46. The van der Waals surface area contributed by atoms with Crippen LogP contribution in [-0.2, 0) is 23.7 Å². The van der Waals surface area contributed by atoms with Gasteiger partial charge in [-0.3, -0.25) is 4.79 Å². The monoisotopic (exact) mass is 617 g/mol. The molecule has 0 aliphatic carbocycles. The predicted octanol–water partition coefficient (Wildman–Crippen LogP) is -0.802. The number of carbonyl (C=O) groups is 2. The first-order valence-corrected chi connectivity index (χ1v) is 15.2. The molecule has 3 aliphatic heterocycles. The zero-order chi connectivity index (χ0) is 32.1. The summed E-state index contributed by atoms with van der Waals surface area (Å²) in [6.07, 6.45) is -6.02. The first-order chi connectivity index (χ1) is 20.1. The van der Waals surface area contributed by atoms with Crippen molar-refractivity contribution in [2.24, 2.45) is 23.5 Å². The lowest BCUT2D eigenvalue weighted by molar-refractivity contribution is -0.307. The molecule has 3 saturated heterocycles. The Balaban J connectivity index is 1.83. The minimum absolute atomic E-state index is 0.0460. The quantitative estimate of drug-likeness (QED) is 0.127. The fraction of sp³-hybridized carbons (Fsp3) is 0.862. The number of hydrogen-bond donors (Lipinski definition) is 7.